The summed E-state index contributed by atoms with van der Waals surface area (Å²) in [5.41, 5.74) is 0. The van der Waals surface area contributed by atoms with Gasteiger partial charge in [-0.15, -0.1) is 0 Å². The van der Waals surface area contributed by atoms with Crippen LogP contribution in [-0.4, -0.2) is 357 Å². The molecule has 0 saturated carbocycles. The van der Waals surface area contributed by atoms with Crippen molar-refractivity contribution in [3.8, 4) is 0 Å². The van der Waals surface area contributed by atoms with Crippen LogP contribution in [0.25, 0.3) is 0 Å². The van der Waals surface area contributed by atoms with E-state index in [4.69, 9.17) is 61.6 Å². The minimum Gasteiger partial charge on any atom is -0.394 e. The van der Waals surface area contributed by atoms with Gasteiger partial charge < -0.3 is 169 Å². The maximum Gasteiger partial charge on any atom is 0.217 e. The second-order valence-corrected chi connectivity index (χ2v) is 21.0. The van der Waals surface area contributed by atoms with Gasteiger partial charge in [-0.2, -0.15) is 0 Å². The molecule has 7 saturated heterocycles. The molecule has 0 aliphatic carbocycles. The van der Waals surface area contributed by atoms with Gasteiger partial charge in [-0.1, -0.05) is 0 Å². The molecule has 7 rings (SSSR count). The van der Waals surface area contributed by atoms with Crippen LogP contribution in [0.1, 0.15) is 27.7 Å². The van der Waals surface area contributed by atoms with E-state index >= 15 is 0 Å². The molecule has 0 radical (unpaired) electrons. The average molecular weight is 1200 g/mol. The third kappa shape index (κ3) is 14.1. The van der Waals surface area contributed by atoms with Gasteiger partial charge in [0, 0.05) is 13.8 Å². The minimum absolute atomic E-state index is 0.753. The number of hydrogen-bond acceptors (Lipinski definition) is 34. The number of nitrogens with one attached hydrogen (secondary N) is 2. The van der Waals surface area contributed by atoms with Crippen LogP contribution in [0.4, 0.5) is 0 Å². The van der Waals surface area contributed by atoms with E-state index in [1.54, 1.807) is 0 Å². The first-order chi connectivity index (χ1) is 38.7. The second kappa shape index (κ2) is 28.7. The number of ether oxygens (including phenoxy) is 13. The topological polar surface area (TPSA) is 563 Å². The normalized spacial score (nSPS) is 51.3. The van der Waals surface area contributed by atoms with Gasteiger partial charge in [0.15, 0.2) is 44.0 Å². The summed E-state index contributed by atoms with van der Waals surface area (Å²) in [5, 5.41) is 212. The molecular formula is C46H78N2O34. The standard InChI is InChI=1S/C46H78N2O34/c1-10-21(56)27(62)30(65)42(70-10)81-38-29(64)23(58)14(5-49)74-45(38)78-35-18(9-53)76-46(39(32(35)67)82-43-31(66)28(63)22(57)11(2)71-43)77-34-17(8-52)75-41(19(26(34)61)47-12(3)54)80-37-25(60)16(7-51)73-44(33(37)68)79-36-20(48-13(4)55)40(69)72-15(6-50)24(36)59/h10-11,14-46,49-53,56-69H,5-9H2,1-4H3,(H,47,54)(H,48,55)/t10-,11-,14+,15+,16+,17+,18+,19+,20+,21+,22+,23-,24-,25-,26+,27+,28+,29-,30-,31-,32-,33+,34+,35-,36+,37-,38+,39+,40-,41-,42-,43-,44-,45-,46-/m0/s1. The maximum atomic E-state index is 12.8. The van der Waals surface area contributed by atoms with Crippen molar-refractivity contribution < 1.29 is 168 Å². The van der Waals surface area contributed by atoms with Crippen LogP contribution in [0.5, 0.6) is 0 Å². The van der Waals surface area contributed by atoms with E-state index in [0.29, 0.717) is 0 Å². The molecule has 476 valence electrons. The van der Waals surface area contributed by atoms with Crippen LogP contribution in [0.15, 0.2) is 0 Å². The highest BCUT2D eigenvalue weighted by Gasteiger charge is 2.59. The second-order valence-electron chi connectivity index (χ2n) is 21.0. The smallest absolute Gasteiger partial charge is 0.217 e. The van der Waals surface area contributed by atoms with Crippen molar-refractivity contribution in [2.45, 2.75) is 243 Å². The highest BCUT2D eigenvalue weighted by molar-refractivity contribution is 5.73. The highest BCUT2D eigenvalue weighted by atomic mass is 16.8. The van der Waals surface area contributed by atoms with Gasteiger partial charge in [-0.3, -0.25) is 9.59 Å². The Kier molecular flexibility index (Phi) is 23.5. The third-order valence-electron chi connectivity index (χ3n) is 15.3. The molecule has 0 aromatic rings. The lowest BCUT2D eigenvalue weighted by Crippen LogP contribution is -2.71. The summed E-state index contributed by atoms with van der Waals surface area (Å²) in [5.74, 6) is -1.65. The van der Waals surface area contributed by atoms with Crippen molar-refractivity contribution in [2.75, 3.05) is 33.0 Å². The number of aliphatic hydroxyl groups is 19. The maximum absolute atomic E-state index is 12.8. The Morgan fingerprint density at radius 2 is 0.671 bits per heavy atom. The SMILES string of the molecule is CC(=O)N[C@@H]1[C@@H](O[C@@H]2O[C@H](CO)[C@H](O)[C@H](O[C@@H]3O[C@H](CO)[C@@H](O[C@@H]4O[C@H](CO)[C@H](O[C@@H]5O[C@H](CO)[C@H](O)[C@H](O)[C@H]5O[C@@H]5O[C@@H](C)[C@@H](O)[C@@H](O)[C@@H]5O)[C@H](O)[C@H]4O[C@@H]4O[C@@H](C)[C@@H](O)[C@@H](O)[C@@H]4O)[C@H](O)[C@H]3NC(C)=O)[C@H]2O)[C@@H](O)[C@@H](CO)O[C@@H]1O. The summed E-state index contributed by atoms with van der Waals surface area (Å²) in [6, 6.07) is -3.46. The zero-order chi connectivity index (χ0) is 60.5. The fourth-order valence-electron chi connectivity index (χ4n) is 10.7. The molecule has 2 amide bonds. The molecule has 82 heavy (non-hydrogen) atoms. The van der Waals surface area contributed by atoms with E-state index in [1.807, 2.05) is 0 Å². The van der Waals surface area contributed by atoms with Gasteiger partial charge in [0.2, 0.25) is 11.8 Å². The summed E-state index contributed by atoms with van der Waals surface area (Å²) in [7, 11) is 0. The van der Waals surface area contributed by atoms with E-state index in [2.05, 4.69) is 10.6 Å². The van der Waals surface area contributed by atoms with Gasteiger partial charge in [0.1, 0.15) is 159 Å². The quantitative estimate of drug-likeness (QED) is 0.0571. The Bertz CT molecular complexity index is 2030. The number of aliphatic hydroxyl groups excluding tert-OH is 19. The minimum atomic E-state index is -2.28. The van der Waals surface area contributed by atoms with Crippen LogP contribution < -0.4 is 10.6 Å². The first kappa shape index (κ1) is 67.2. The summed E-state index contributed by atoms with van der Waals surface area (Å²) >= 11 is 0. The van der Waals surface area contributed by atoms with Gasteiger partial charge in [-0.05, 0) is 13.8 Å². The predicted molar refractivity (Wildman–Crippen MR) is 252 cm³/mol. The van der Waals surface area contributed by atoms with Crippen molar-refractivity contribution in [2.24, 2.45) is 0 Å². The molecular weight excluding hydrogens is 1120 g/mol. The average Bonchev–Trinajstić information content (AvgIpc) is 3.38. The first-order valence-corrected chi connectivity index (χ1v) is 26.3. The van der Waals surface area contributed by atoms with Crippen molar-refractivity contribution in [1.29, 1.82) is 0 Å². The number of amides is 2. The Balaban J connectivity index is 1.17. The monoisotopic (exact) mass is 1200 g/mol. The summed E-state index contributed by atoms with van der Waals surface area (Å²) in [6.07, 6.45) is -62.9. The molecule has 36 heteroatoms. The summed E-state index contributed by atoms with van der Waals surface area (Å²) in [6.45, 7) is -0.525. The lowest BCUT2D eigenvalue weighted by Gasteiger charge is -2.51. The molecule has 7 fully saturated rings. The Hall–Kier alpha value is -2.34. The van der Waals surface area contributed by atoms with Gasteiger partial charge in [0.05, 0.1) is 45.2 Å². The number of carbonyl (C=O) groups excluding carboxylic acids is 2. The van der Waals surface area contributed by atoms with Crippen molar-refractivity contribution >= 4 is 11.8 Å². The van der Waals surface area contributed by atoms with Crippen LogP contribution in [0.3, 0.4) is 0 Å². The first-order valence-electron chi connectivity index (χ1n) is 26.3. The van der Waals surface area contributed by atoms with E-state index < -0.39 is 260 Å². The molecule has 7 heterocycles. The van der Waals surface area contributed by atoms with Crippen LogP contribution in [-0.2, 0) is 71.2 Å². The molecule has 0 aromatic heterocycles. The molecule has 0 unspecified atom stereocenters. The molecule has 7 aliphatic heterocycles. The van der Waals surface area contributed by atoms with E-state index in [1.165, 1.54) is 13.8 Å². The Morgan fingerprint density at radius 1 is 0.317 bits per heavy atom. The number of hydrogen-bond donors (Lipinski definition) is 21. The van der Waals surface area contributed by atoms with Gasteiger partial charge >= 0.3 is 0 Å². The zero-order valence-electron chi connectivity index (χ0n) is 44.4. The molecule has 0 bridgehead atoms. The third-order valence-corrected chi connectivity index (χ3v) is 15.3. The summed E-state index contributed by atoms with van der Waals surface area (Å²) < 4.78 is 75.7. The zero-order valence-corrected chi connectivity index (χ0v) is 44.4. The van der Waals surface area contributed by atoms with E-state index in [0.717, 1.165) is 13.8 Å². The molecule has 7 aliphatic rings. The molecule has 36 nitrogen and oxygen atoms in total. The molecule has 21 N–H and O–H groups in total. The van der Waals surface area contributed by atoms with Crippen LogP contribution in [0.2, 0.25) is 0 Å². The van der Waals surface area contributed by atoms with Crippen molar-refractivity contribution in [1.82, 2.24) is 10.6 Å². The number of rotatable bonds is 19. The molecule has 0 aromatic carbocycles. The number of carbonyl (C=O) groups is 2. The fraction of sp³-hybridized carbons (Fsp3) is 0.957. The molecule has 35 atom stereocenters. The lowest BCUT2D eigenvalue weighted by molar-refractivity contribution is -0.408. The predicted octanol–water partition coefficient (Wildman–Crippen LogP) is -13.9. The largest absolute Gasteiger partial charge is 0.394 e. The van der Waals surface area contributed by atoms with Crippen molar-refractivity contribution in [3.05, 3.63) is 0 Å². The lowest BCUT2D eigenvalue weighted by atomic mass is 9.94. The van der Waals surface area contributed by atoms with Crippen LogP contribution >= 0.6 is 0 Å². The molecule has 0 spiro atoms. The highest BCUT2D eigenvalue weighted by Crippen LogP contribution is 2.39. The van der Waals surface area contributed by atoms with E-state index in [-0.39, 0.29) is 0 Å². The van der Waals surface area contributed by atoms with E-state index in [9.17, 15) is 107 Å². The van der Waals surface area contributed by atoms with Gasteiger partial charge in [-0.25, -0.2) is 0 Å². The Labute approximate surface area is 465 Å². The van der Waals surface area contributed by atoms with Gasteiger partial charge in [0.25, 0.3) is 0 Å². The Morgan fingerprint density at radius 3 is 1.16 bits per heavy atom. The fourth-order valence-corrected chi connectivity index (χ4v) is 10.7. The van der Waals surface area contributed by atoms with Crippen molar-refractivity contribution in [3.63, 3.8) is 0 Å². The van der Waals surface area contributed by atoms with Crippen LogP contribution in [0, 0.1) is 0 Å². The summed E-state index contributed by atoms with van der Waals surface area (Å²) in [4.78, 5) is 24.9.